The first-order valence-electron chi connectivity index (χ1n) is 10.5. The fourth-order valence-corrected chi connectivity index (χ4v) is 6.27. The monoisotopic (exact) mass is 382 g/mol. The molecule has 5 rings (SSSR count). The van der Waals surface area contributed by atoms with Crippen LogP contribution in [0, 0.1) is 6.92 Å². The average molecular weight is 383 g/mol. The van der Waals surface area contributed by atoms with E-state index in [1.807, 2.05) is 0 Å². The zero-order valence-electron chi connectivity index (χ0n) is 16.3. The molecule has 0 atom stereocenters. The first kappa shape index (κ1) is 17.5. The van der Waals surface area contributed by atoms with Crippen molar-refractivity contribution in [1.29, 1.82) is 0 Å². The molecule has 0 radical (unpaired) electrons. The quantitative estimate of drug-likeness (QED) is 0.840. The largest absolute Gasteiger partial charge is 0.385 e. The first-order chi connectivity index (χ1) is 13.2. The van der Waals surface area contributed by atoms with E-state index >= 15 is 0 Å². The van der Waals surface area contributed by atoms with Crippen LogP contribution in [0.2, 0.25) is 0 Å². The number of rotatable bonds is 2. The molecule has 4 nitrogen and oxygen atoms in total. The molecule has 27 heavy (non-hydrogen) atoms. The number of para-hydroxylation sites is 1. The molecule has 0 unspecified atom stereocenters. The van der Waals surface area contributed by atoms with Crippen molar-refractivity contribution in [2.45, 2.75) is 50.5 Å². The van der Waals surface area contributed by atoms with E-state index in [1.165, 1.54) is 56.0 Å². The van der Waals surface area contributed by atoms with Gasteiger partial charge in [0.2, 0.25) is 0 Å². The van der Waals surface area contributed by atoms with E-state index in [0.717, 1.165) is 31.4 Å². The Morgan fingerprint density at radius 3 is 2.59 bits per heavy atom. The Morgan fingerprint density at radius 1 is 1.07 bits per heavy atom. The molecular weight excluding hydrogens is 352 g/mol. The summed E-state index contributed by atoms with van der Waals surface area (Å²) >= 11 is 1.80. The highest BCUT2D eigenvalue weighted by molar-refractivity contribution is 7.13. The van der Waals surface area contributed by atoms with Gasteiger partial charge in [-0.1, -0.05) is 18.2 Å². The third kappa shape index (κ3) is 3.25. The van der Waals surface area contributed by atoms with Crippen LogP contribution in [0.25, 0.3) is 0 Å². The van der Waals surface area contributed by atoms with E-state index in [9.17, 15) is 0 Å². The normalized spacial score (nSPS) is 23.2. The maximum Gasteiger partial charge on any atom is 0.185 e. The maximum absolute atomic E-state index is 4.68. The van der Waals surface area contributed by atoms with Gasteiger partial charge in [0.1, 0.15) is 0 Å². The molecule has 144 valence electrons. The highest BCUT2D eigenvalue weighted by atomic mass is 32.1. The van der Waals surface area contributed by atoms with Crippen LogP contribution in [0.5, 0.6) is 0 Å². The van der Waals surface area contributed by atoms with Crippen molar-refractivity contribution in [2.24, 2.45) is 0 Å². The van der Waals surface area contributed by atoms with E-state index in [4.69, 9.17) is 0 Å². The molecule has 1 N–H and O–H groups in total. The van der Waals surface area contributed by atoms with Crippen LogP contribution >= 0.6 is 11.3 Å². The fraction of sp³-hybridized carbons (Fsp3) is 0.591. The lowest BCUT2D eigenvalue weighted by molar-refractivity contribution is 0.0960. The lowest BCUT2D eigenvalue weighted by Gasteiger charge is -2.48. The number of aryl methyl sites for hydroxylation is 1. The van der Waals surface area contributed by atoms with Crippen LogP contribution in [0.3, 0.4) is 0 Å². The second-order valence-corrected chi connectivity index (χ2v) is 9.36. The minimum atomic E-state index is 0.414. The molecular formula is C22H30N4S. The number of likely N-dealkylation sites (tertiary alicyclic amines) is 1. The van der Waals surface area contributed by atoms with Crippen LogP contribution in [0.1, 0.15) is 43.4 Å². The van der Waals surface area contributed by atoms with E-state index < -0.39 is 0 Å². The average Bonchev–Trinajstić information content (AvgIpc) is 3.16. The van der Waals surface area contributed by atoms with E-state index in [-0.39, 0.29) is 0 Å². The minimum absolute atomic E-state index is 0.414. The first-order valence-corrected chi connectivity index (χ1v) is 11.4. The van der Waals surface area contributed by atoms with Gasteiger partial charge in [-0.15, -0.1) is 11.3 Å². The third-order valence-electron chi connectivity index (χ3n) is 7.03. The molecule has 2 fully saturated rings. The third-order valence-corrected chi connectivity index (χ3v) is 8.05. The summed E-state index contributed by atoms with van der Waals surface area (Å²) in [5, 5.41) is 6.99. The standard InChI is InChI=1S/C22H30N4S/c1-17-16-27-21(24-17)26-12-6-18(7-13-26)25-14-9-22(10-15-25)8-11-23-20-5-3-2-4-19(20)22/h2-5,16,18,23H,6-15H2,1H3. The summed E-state index contributed by atoms with van der Waals surface area (Å²) in [7, 11) is 0. The van der Waals surface area contributed by atoms with Crippen LogP contribution in [-0.2, 0) is 5.41 Å². The van der Waals surface area contributed by atoms with Gasteiger partial charge in [-0.2, -0.15) is 0 Å². The van der Waals surface area contributed by atoms with E-state index in [2.05, 4.69) is 56.7 Å². The van der Waals surface area contributed by atoms with Crippen LogP contribution < -0.4 is 10.2 Å². The van der Waals surface area contributed by atoms with E-state index in [0.29, 0.717) is 5.41 Å². The van der Waals surface area contributed by atoms with Crippen LogP contribution in [0.4, 0.5) is 10.8 Å². The number of fused-ring (bicyclic) bond motifs is 2. The van der Waals surface area contributed by atoms with Crippen molar-refractivity contribution in [3.8, 4) is 0 Å². The van der Waals surface area contributed by atoms with Gasteiger partial charge in [-0.05, 0) is 63.7 Å². The summed E-state index contributed by atoms with van der Waals surface area (Å²) in [5.74, 6) is 0. The highest BCUT2D eigenvalue weighted by Crippen LogP contribution is 2.45. The van der Waals surface area contributed by atoms with Crippen molar-refractivity contribution in [3.05, 3.63) is 40.9 Å². The van der Waals surface area contributed by atoms with Gasteiger partial charge in [0.15, 0.2) is 5.13 Å². The zero-order valence-corrected chi connectivity index (χ0v) is 17.1. The number of aromatic nitrogens is 1. The summed E-state index contributed by atoms with van der Waals surface area (Å²) in [6, 6.07) is 9.77. The highest BCUT2D eigenvalue weighted by Gasteiger charge is 2.40. The van der Waals surface area contributed by atoms with Gasteiger partial charge in [0, 0.05) is 42.2 Å². The van der Waals surface area contributed by atoms with Crippen LogP contribution in [-0.4, -0.2) is 48.6 Å². The molecule has 1 aromatic carbocycles. The number of hydrogen-bond acceptors (Lipinski definition) is 5. The maximum atomic E-state index is 4.68. The van der Waals surface area contributed by atoms with E-state index in [1.54, 1.807) is 16.9 Å². The number of thiazole rings is 1. The lowest BCUT2D eigenvalue weighted by atomic mass is 9.68. The number of nitrogens with zero attached hydrogens (tertiary/aromatic N) is 3. The molecule has 5 heteroatoms. The summed E-state index contributed by atoms with van der Waals surface area (Å²) < 4.78 is 0. The van der Waals surface area contributed by atoms with Crippen molar-refractivity contribution in [2.75, 3.05) is 42.9 Å². The summed E-state index contributed by atoms with van der Waals surface area (Å²) in [6.07, 6.45) is 6.49. The predicted molar refractivity (Wildman–Crippen MR) is 114 cm³/mol. The number of nitrogens with one attached hydrogen (secondary N) is 1. The fourth-order valence-electron chi connectivity index (χ4n) is 5.42. The Labute approximate surface area is 166 Å². The van der Waals surface area contributed by atoms with Crippen molar-refractivity contribution in [3.63, 3.8) is 0 Å². The Morgan fingerprint density at radius 2 is 1.85 bits per heavy atom. The second-order valence-electron chi connectivity index (χ2n) is 8.53. The van der Waals surface area contributed by atoms with Gasteiger partial charge < -0.3 is 15.1 Å². The molecule has 0 amide bonds. The molecule has 2 saturated heterocycles. The van der Waals surface area contributed by atoms with Crippen molar-refractivity contribution >= 4 is 22.2 Å². The molecule has 0 saturated carbocycles. The zero-order chi connectivity index (χ0) is 18.3. The summed E-state index contributed by atoms with van der Waals surface area (Å²) in [4.78, 5) is 9.96. The predicted octanol–water partition coefficient (Wildman–Crippen LogP) is 4.27. The molecule has 1 aromatic heterocycles. The molecule has 1 spiro atoms. The van der Waals surface area contributed by atoms with Gasteiger partial charge in [0.25, 0.3) is 0 Å². The molecule has 2 aromatic rings. The van der Waals surface area contributed by atoms with Crippen molar-refractivity contribution in [1.82, 2.24) is 9.88 Å². The van der Waals surface area contributed by atoms with Gasteiger partial charge in [-0.3, -0.25) is 0 Å². The number of benzene rings is 1. The molecule has 4 heterocycles. The van der Waals surface area contributed by atoms with Gasteiger partial charge in [-0.25, -0.2) is 4.98 Å². The lowest BCUT2D eigenvalue weighted by Crippen LogP contribution is -2.51. The summed E-state index contributed by atoms with van der Waals surface area (Å²) in [5.41, 5.74) is 4.52. The topological polar surface area (TPSA) is 31.4 Å². The SMILES string of the molecule is Cc1csc(N2CCC(N3CCC4(CCNc5ccccc54)CC3)CC2)n1. The van der Waals surface area contributed by atoms with Crippen LogP contribution in [0.15, 0.2) is 29.6 Å². The second kappa shape index (κ2) is 7.10. The smallest absolute Gasteiger partial charge is 0.185 e. The van der Waals surface area contributed by atoms with Gasteiger partial charge >= 0.3 is 0 Å². The molecule has 3 aliphatic heterocycles. The van der Waals surface area contributed by atoms with Crippen molar-refractivity contribution < 1.29 is 0 Å². The Bertz CT molecular complexity index is 785. The molecule has 3 aliphatic rings. The Kier molecular flexibility index (Phi) is 4.60. The number of hydrogen-bond donors (Lipinski definition) is 1. The Balaban J connectivity index is 1.21. The minimum Gasteiger partial charge on any atom is -0.385 e. The summed E-state index contributed by atoms with van der Waals surface area (Å²) in [6.45, 7) is 8.06. The molecule has 0 aliphatic carbocycles. The number of piperidine rings is 2. The number of anilines is 2. The Hall–Kier alpha value is -1.59. The molecule has 0 bridgehead atoms. The van der Waals surface area contributed by atoms with Gasteiger partial charge in [0.05, 0.1) is 5.69 Å².